The molecule has 0 spiro atoms. The molecule has 35 heavy (non-hydrogen) atoms. The number of nitrogens with zero attached hydrogens (tertiary/aromatic N) is 2. The van der Waals surface area contributed by atoms with Gasteiger partial charge in [0.25, 0.3) is 0 Å². The summed E-state index contributed by atoms with van der Waals surface area (Å²) in [6.45, 7) is 1.21. The van der Waals surface area contributed by atoms with Crippen molar-refractivity contribution in [2.24, 2.45) is 0 Å². The molecule has 0 atom stereocenters. The summed E-state index contributed by atoms with van der Waals surface area (Å²) in [6, 6.07) is 14.7. The van der Waals surface area contributed by atoms with Crippen LogP contribution in [-0.2, 0) is 12.8 Å². The summed E-state index contributed by atoms with van der Waals surface area (Å²) in [5.41, 5.74) is 5.69. The summed E-state index contributed by atoms with van der Waals surface area (Å²) in [7, 11) is 3.64. The maximum atomic E-state index is 12.2. The van der Waals surface area contributed by atoms with Crippen molar-refractivity contribution < 1.29 is 23.4 Å². The van der Waals surface area contributed by atoms with Crippen LogP contribution in [0, 0.1) is 0 Å². The predicted octanol–water partition coefficient (Wildman–Crippen LogP) is 6.78. The Labute approximate surface area is 205 Å². The van der Waals surface area contributed by atoms with Crippen molar-refractivity contribution in [2.45, 2.75) is 46.1 Å². The van der Waals surface area contributed by atoms with E-state index < -0.39 is 12.6 Å². The molecule has 0 saturated carbocycles. The number of carboxylic acid groups (broad SMARTS) is 1. The first-order chi connectivity index (χ1) is 16.9. The molecule has 0 aliphatic heterocycles. The molecule has 1 aliphatic rings. The maximum absolute atomic E-state index is 12.2. The van der Waals surface area contributed by atoms with Crippen molar-refractivity contribution in [3.05, 3.63) is 77.6 Å². The van der Waals surface area contributed by atoms with Gasteiger partial charge in [0.2, 0.25) is 0 Å². The molecule has 188 valence electrons. The van der Waals surface area contributed by atoms with Crippen molar-refractivity contribution in [1.29, 1.82) is 0 Å². The Hall–Kier alpha value is -3.68. The van der Waals surface area contributed by atoms with Crippen LogP contribution in [0.3, 0.4) is 0 Å². The molecular formula is C27H33F2N3O3. The molecule has 8 heteroatoms. The first kappa shape index (κ1) is 27.6. The van der Waals surface area contributed by atoms with Crippen LogP contribution in [0.5, 0.6) is 5.75 Å². The van der Waals surface area contributed by atoms with E-state index in [2.05, 4.69) is 38.1 Å². The molecule has 0 radical (unpaired) electrons. The number of alkyl halides is 2. The zero-order valence-electron chi connectivity index (χ0n) is 20.6. The van der Waals surface area contributed by atoms with Crippen LogP contribution in [0.2, 0.25) is 0 Å². The standard InChI is InChI=1S/C18H19F2NO.C7H8N2O2.C2H6/c1-21(15-8-10-17(11-9-15)22-18(19)20)16-7-6-13-4-2-3-5-14(13)12-16;1-8-6-4-9-3-2-5(6)7(10)11;1-2/h6-12,18H,2-5H2,1H3;2-4,8H,1H3,(H,10,11);1-2H3. The summed E-state index contributed by atoms with van der Waals surface area (Å²) >= 11 is 0. The van der Waals surface area contributed by atoms with Gasteiger partial charge in [0, 0.05) is 31.7 Å². The van der Waals surface area contributed by atoms with Gasteiger partial charge < -0.3 is 20.1 Å². The molecule has 0 amide bonds. The summed E-state index contributed by atoms with van der Waals surface area (Å²) < 4.78 is 28.7. The first-order valence-electron chi connectivity index (χ1n) is 11.6. The molecule has 1 aliphatic carbocycles. The number of aryl methyl sites for hydroxylation is 2. The molecular weight excluding hydrogens is 452 g/mol. The van der Waals surface area contributed by atoms with Gasteiger partial charge in [-0.2, -0.15) is 8.78 Å². The van der Waals surface area contributed by atoms with Crippen LogP contribution in [0.15, 0.2) is 60.9 Å². The fourth-order valence-corrected chi connectivity index (χ4v) is 3.71. The number of nitrogens with one attached hydrogen (secondary N) is 1. The topological polar surface area (TPSA) is 74.7 Å². The van der Waals surface area contributed by atoms with Crippen LogP contribution < -0.4 is 15.0 Å². The lowest BCUT2D eigenvalue weighted by molar-refractivity contribution is -0.0498. The number of aromatic nitrogens is 1. The lowest BCUT2D eigenvalue weighted by atomic mass is 9.91. The van der Waals surface area contributed by atoms with Crippen LogP contribution in [0.4, 0.5) is 25.8 Å². The molecule has 1 aromatic heterocycles. The summed E-state index contributed by atoms with van der Waals surface area (Å²) in [5, 5.41) is 11.4. The fourth-order valence-electron chi connectivity index (χ4n) is 3.71. The third-order valence-corrected chi connectivity index (χ3v) is 5.49. The molecule has 0 fully saturated rings. The van der Waals surface area contributed by atoms with Crippen LogP contribution in [0.25, 0.3) is 0 Å². The van der Waals surface area contributed by atoms with Gasteiger partial charge in [-0.25, -0.2) is 4.79 Å². The number of aromatic carboxylic acids is 1. The number of carbonyl (C=O) groups is 1. The van der Waals surface area contributed by atoms with Gasteiger partial charge in [0.05, 0.1) is 17.4 Å². The summed E-state index contributed by atoms with van der Waals surface area (Å²) in [4.78, 5) is 16.3. The second-order valence-electron chi connectivity index (χ2n) is 7.57. The Balaban J connectivity index is 0.000000280. The Morgan fingerprint density at radius 2 is 1.66 bits per heavy atom. The van der Waals surface area contributed by atoms with Crippen molar-refractivity contribution in [3.8, 4) is 5.75 Å². The zero-order valence-corrected chi connectivity index (χ0v) is 20.6. The lowest BCUT2D eigenvalue weighted by Gasteiger charge is -2.23. The molecule has 2 N–H and O–H groups in total. The highest BCUT2D eigenvalue weighted by Crippen LogP contribution is 2.30. The van der Waals surface area contributed by atoms with Gasteiger partial charge in [0.1, 0.15) is 5.75 Å². The molecule has 6 nitrogen and oxygen atoms in total. The molecule has 4 rings (SSSR count). The van der Waals surface area contributed by atoms with Gasteiger partial charge in [-0.15, -0.1) is 0 Å². The van der Waals surface area contributed by atoms with Crippen molar-refractivity contribution in [3.63, 3.8) is 0 Å². The molecule has 0 unspecified atom stereocenters. The third-order valence-electron chi connectivity index (χ3n) is 5.49. The van der Waals surface area contributed by atoms with E-state index >= 15 is 0 Å². The second-order valence-corrected chi connectivity index (χ2v) is 7.57. The maximum Gasteiger partial charge on any atom is 0.387 e. The average molecular weight is 486 g/mol. The van der Waals surface area contributed by atoms with E-state index in [1.165, 1.54) is 48.8 Å². The highest BCUT2D eigenvalue weighted by atomic mass is 19.3. The number of rotatable bonds is 6. The Morgan fingerprint density at radius 3 is 2.23 bits per heavy atom. The molecule has 0 bridgehead atoms. The number of pyridine rings is 1. The Morgan fingerprint density at radius 1 is 1.03 bits per heavy atom. The van der Waals surface area contributed by atoms with Crippen LogP contribution in [-0.4, -0.2) is 36.8 Å². The SMILES string of the molecule is CC.CN(c1ccc(OC(F)F)cc1)c1ccc2c(c1)CCCC2.CNc1cnccc1C(=O)O. The Kier molecular flexibility index (Phi) is 10.9. The second kappa shape index (κ2) is 13.9. The van der Waals surface area contributed by atoms with E-state index in [0.29, 0.717) is 5.69 Å². The van der Waals surface area contributed by atoms with Crippen molar-refractivity contribution in [1.82, 2.24) is 4.98 Å². The van der Waals surface area contributed by atoms with E-state index in [4.69, 9.17) is 5.11 Å². The smallest absolute Gasteiger partial charge is 0.387 e. The number of hydrogen-bond donors (Lipinski definition) is 2. The molecule has 2 aromatic carbocycles. The van der Waals surface area contributed by atoms with E-state index in [-0.39, 0.29) is 11.3 Å². The van der Waals surface area contributed by atoms with E-state index in [0.717, 1.165) is 17.8 Å². The van der Waals surface area contributed by atoms with Gasteiger partial charge in [0.15, 0.2) is 0 Å². The first-order valence-corrected chi connectivity index (χ1v) is 11.6. The van der Waals surface area contributed by atoms with Crippen molar-refractivity contribution >= 4 is 23.0 Å². The van der Waals surface area contributed by atoms with Gasteiger partial charge in [-0.1, -0.05) is 19.9 Å². The van der Waals surface area contributed by atoms with Crippen molar-refractivity contribution in [2.75, 3.05) is 24.3 Å². The molecule has 0 saturated heterocycles. The third kappa shape index (κ3) is 7.95. The largest absolute Gasteiger partial charge is 0.478 e. The van der Waals surface area contributed by atoms with Gasteiger partial charge in [-0.3, -0.25) is 4.98 Å². The van der Waals surface area contributed by atoms with Gasteiger partial charge in [-0.05, 0) is 79.3 Å². The summed E-state index contributed by atoms with van der Waals surface area (Å²) in [5.74, 6) is -0.769. The van der Waals surface area contributed by atoms with E-state index in [1.807, 2.05) is 20.9 Å². The number of benzene rings is 2. The zero-order chi connectivity index (χ0) is 25.8. The lowest BCUT2D eigenvalue weighted by Crippen LogP contribution is -2.11. The number of hydrogen-bond acceptors (Lipinski definition) is 5. The Bertz CT molecular complexity index is 1080. The summed E-state index contributed by atoms with van der Waals surface area (Å²) in [6.07, 6.45) is 7.75. The quantitative estimate of drug-likeness (QED) is 0.401. The van der Waals surface area contributed by atoms with Crippen LogP contribution in [0.1, 0.15) is 48.2 Å². The molecule has 3 aromatic rings. The number of anilines is 3. The minimum atomic E-state index is -2.79. The van der Waals surface area contributed by atoms with E-state index in [1.54, 1.807) is 31.3 Å². The van der Waals surface area contributed by atoms with Crippen LogP contribution >= 0.6 is 0 Å². The number of halogens is 2. The van der Waals surface area contributed by atoms with E-state index in [9.17, 15) is 13.6 Å². The monoisotopic (exact) mass is 485 g/mol. The highest BCUT2D eigenvalue weighted by molar-refractivity contribution is 5.93. The number of ether oxygens (including phenoxy) is 1. The number of fused-ring (bicyclic) bond motifs is 1. The normalized spacial score (nSPS) is 11.7. The highest BCUT2D eigenvalue weighted by Gasteiger charge is 2.12. The fraction of sp³-hybridized carbons (Fsp3) is 0.333. The predicted molar refractivity (Wildman–Crippen MR) is 136 cm³/mol. The molecule has 1 heterocycles. The average Bonchev–Trinajstić information content (AvgIpc) is 2.89. The number of carboxylic acids is 1. The minimum Gasteiger partial charge on any atom is -0.478 e. The van der Waals surface area contributed by atoms with Gasteiger partial charge >= 0.3 is 12.6 Å². The minimum absolute atomic E-state index is 0.178.